The van der Waals surface area contributed by atoms with Gasteiger partial charge in [-0.3, -0.25) is 4.98 Å². The zero-order chi connectivity index (χ0) is 30.9. The number of fused-ring (bicyclic) bond motifs is 10. The molecule has 3 nitrogen and oxygen atoms in total. The molecule has 3 heteroatoms. The first kappa shape index (κ1) is 26.0. The van der Waals surface area contributed by atoms with E-state index in [2.05, 4.69) is 162 Å². The summed E-state index contributed by atoms with van der Waals surface area (Å²) in [5.41, 5.74) is 9.66. The van der Waals surface area contributed by atoms with Gasteiger partial charge >= 0.3 is 0 Å². The van der Waals surface area contributed by atoms with E-state index in [4.69, 9.17) is 9.97 Å². The van der Waals surface area contributed by atoms with Crippen LogP contribution in [0, 0.1) is 0 Å². The highest BCUT2D eigenvalue weighted by Crippen LogP contribution is 2.40. The first-order valence-electron chi connectivity index (χ1n) is 16.0. The van der Waals surface area contributed by atoms with Gasteiger partial charge in [-0.05, 0) is 51.6 Å². The van der Waals surface area contributed by atoms with Crippen molar-refractivity contribution in [3.63, 3.8) is 0 Å². The van der Waals surface area contributed by atoms with Gasteiger partial charge in [-0.1, -0.05) is 133 Å². The highest BCUT2D eigenvalue weighted by atomic mass is 15.0. The number of hydrogen-bond donors (Lipinski definition) is 0. The highest BCUT2D eigenvalue weighted by Gasteiger charge is 2.17. The summed E-state index contributed by atoms with van der Waals surface area (Å²) in [6.07, 6.45) is 1.94. The summed E-state index contributed by atoms with van der Waals surface area (Å²) >= 11 is 0. The average molecular weight is 598 g/mol. The fraction of sp³-hybridized carbons (Fsp3) is 0. The fourth-order valence-corrected chi connectivity index (χ4v) is 7.51. The van der Waals surface area contributed by atoms with Gasteiger partial charge in [0.15, 0.2) is 0 Å². The van der Waals surface area contributed by atoms with Crippen LogP contribution in [0.2, 0.25) is 0 Å². The maximum absolute atomic E-state index is 5.33. The SMILES string of the molecule is c1ccc(-c2cnc3c4ccccc4c4ccccc4c3n2)c(-c2ccc3c(c2)c2ccccc2n3-c2cccc3ccccc23)c1. The first-order chi connectivity index (χ1) is 23.3. The predicted molar refractivity (Wildman–Crippen MR) is 197 cm³/mol. The Labute approximate surface area is 271 Å². The highest BCUT2D eigenvalue weighted by molar-refractivity contribution is 6.23. The Hall–Kier alpha value is -6.32. The summed E-state index contributed by atoms with van der Waals surface area (Å²) in [6, 6.07) is 56.4. The van der Waals surface area contributed by atoms with Crippen molar-refractivity contribution >= 4 is 65.2 Å². The zero-order valence-electron chi connectivity index (χ0n) is 25.4. The van der Waals surface area contributed by atoms with E-state index in [1.54, 1.807) is 0 Å². The van der Waals surface area contributed by atoms with E-state index in [0.29, 0.717) is 0 Å². The number of aromatic nitrogens is 3. The Kier molecular flexibility index (Phi) is 5.57. The van der Waals surface area contributed by atoms with E-state index in [1.165, 1.54) is 49.0 Å². The third kappa shape index (κ3) is 3.87. The number of rotatable bonds is 3. The van der Waals surface area contributed by atoms with E-state index in [1.807, 2.05) is 6.20 Å². The molecule has 0 spiro atoms. The lowest BCUT2D eigenvalue weighted by Crippen LogP contribution is -1.95. The molecule has 0 N–H and O–H groups in total. The van der Waals surface area contributed by atoms with Gasteiger partial charge in [0.25, 0.3) is 0 Å². The quantitative estimate of drug-likeness (QED) is 0.190. The van der Waals surface area contributed by atoms with Gasteiger partial charge in [-0.25, -0.2) is 4.98 Å². The van der Waals surface area contributed by atoms with Gasteiger partial charge in [-0.2, -0.15) is 0 Å². The molecule has 0 atom stereocenters. The summed E-state index contributed by atoms with van der Waals surface area (Å²) in [4.78, 5) is 10.4. The van der Waals surface area contributed by atoms with Crippen molar-refractivity contribution in [3.8, 4) is 28.1 Å². The van der Waals surface area contributed by atoms with Gasteiger partial charge in [0, 0.05) is 32.5 Å². The molecule has 0 unspecified atom stereocenters. The zero-order valence-corrected chi connectivity index (χ0v) is 25.4. The molecule has 0 amide bonds. The van der Waals surface area contributed by atoms with Crippen LogP contribution in [-0.2, 0) is 0 Å². The number of para-hydroxylation sites is 1. The van der Waals surface area contributed by atoms with Crippen molar-refractivity contribution in [2.24, 2.45) is 0 Å². The summed E-state index contributed by atoms with van der Waals surface area (Å²) < 4.78 is 2.41. The van der Waals surface area contributed by atoms with Crippen LogP contribution in [0.4, 0.5) is 0 Å². The van der Waals surface area contributed by atoms with Crippen LogP contribution in [0.5, 0.6) is 0 Å². The minimum absolute atomic E-state index is 0.867. The first-order valence-corrected chi connectivity index (χ1v) is 16.0. The van der Waals surface area contributed by atoms with Crippen LogP contribution in [0.1, 0.15) is 0 Å². The lowest BCUT2D eigenvalue weighted by molar-refractivity contribution is 1.20. The van der Waals surface area contributed by atoms with E-state index >= 15 is 0 Å². The van der Waals surface area contributed by atoms with Crippen molar-refractivity contribution in [2.75, 3.05) is 0 Å². The molecule has 10 aromatic rings. The topological polar surface area (TPSA) is 30.7 Å². The smallest absolute Gasteiger partial charge is 0.0979 e. The molecule has 0 aliphatic heterocycles. The predicted octanol–water partition coefficient (Wildman–Crippen LogP) is 11.5. The van der Waals surface area contributed by atoms with E-state index < -0.39 is 0 Å². The van der Waals surface area contributed by atoms with Crippen molar-refractivity contribution in [1.29, 1.82) is 0 Å². The third-order valence-electron chi connectivity index (χ3n) is 9.62. The van der Waals surface area contributed by atoms with E-state index in [0.717, 1.165) is 44.2 Å². The minimum Gasteiger partial charge on any atom is -0.309 e. The maximum Gasteiger partial charge on any atom is 0.0979 e. The molecule has 0 radical (unpaired) electrons. The molecular formula is C44H27N3. The molecule has 0 fully saturated rings. The molecule has 0 saturated heterocycles. The van der Waals surface area contributed by atoms with Crippen molar-refractivity contribution in [2.45, 2.75) is 0 Å². The average Bonchev–Trinajstić information content (AvgIpc) is 3.48. The lowest BCUT2D eigenvalue weighted by Gasteiger charge is -2.13. The molecule has 2 heterocycles. The molecule has 0 aliphatic carbocycles. The van der Waals surface area contributed by atoms with Gasteiger partial charge in [0.2, 0.25) is 0 Å². The van der Waals surface area contributed by atoms with Gasteiger partial charge < -0.3 is 4.57 Å². The second kappa shape index (κ2) is 10.1. The number of hydrogen-bond acceptors (Lipinski definition) is 2. The standard InChI is InChI=1S/C44H27N3/c1-2-15-31-28(12-1)13-11-23-40(31)47-41-22-10-9-19-35(41)38-26-29(24-25-42(38)47)30-14-3-6-18-34(30)39-27-45-43-36-20-7-4-16-32(36)33-17-5-8-21-37(33)44(43)46-39/h1-27H. The molecule has 218 valence electrons. The van der Waals surface area contributed by atoms with Crippen LogP contribution >= 0.6 is 0 Å². The largest absolute Gasteiger partial charge is 0.309 e. The van der Waals surface area contributed by atoms with Crippen LogP contribution in [0.25, 0.3) is 93.2 Å². The second-order valence-electron chi connectivity index (χ2n) is 12.2. The second-order valence-corrected chi connectivity index (χ2v) is 12.2. The Morgan fingerprint density at radius 2 is 1.00 bits per heavy atom. The Bertz CT molecular complexity index is 2820. The normalized spacial score (nSPS) is 11.8. The molecule has 2 aromatic heterocycles. The van der Waals surface area contributed by atoms with Gasteiger partial charge in [-0.15, -0.1) is 0 Å². The van der Waals surface area contributed by atoms with Crippen molar-refractivity contribution in [3.05, 3.63) is 164 Å². The van der Waals surface area contributed by atoms with E-state index in [-0.39, 0.29) is 0 Å². The van der Waals surface area contributed by atoms with Crippen molar-refractivity contribution in [1.82, 2.24) is 14.5 Å². The number of nitrogens with zero attached hydrogens (tertiary/aromatic N) is 3. The molecule has 47 heavy (non-hydrogen) atoms. The molecule has 0 saturated carbocycles. The number of benzene rings is 8. The summed E-state index contributed by atoms with van der Waals surface area (Å²) in [5.74, 6) is 0. The monoisotopic (exact) mass is 597 g/mol. The Balaban J connectivity index is 1.19. The van der Waals surface area contributed by atoms with Gasteiger partial charge in [0.1, 0.15) is 0 Å². The third-order valence-corrected chi connectivity index (χ3v) is 9.62. The molecular weight excluding hydrogens is 571 g/mol. The van der Waals surface area contributed by atoms with Crippen LogP contribution in [0.3, 0.4) is 0 Å². The van der Waals surface area contributed by atoms with Crippen LogP contribution in [0.15, 0.2) is 164 Å². The van der Waals surface area contributed by atoms with Crippen LogP contribution < -0.4 is 0 Å². The molecule has 0 aliphatic rings. The molecule has 8 aromatic carbocycles. The Morgan fingerprint density at radius 1 is 0.404 bits per heavy atom. The van der Waals surface area contributed by atoms with Crippen LogP contribution in [-0.4, -0.2) is 14.5 Å². The lowest BCUT2D eigenvalue weighted by atomic mass is 9.95. The van der Waals surface area contributed by atoms with E-state index in [9.17, 15) is 0 Å². The summed E-state index contributed by atoms with van der Waals surface area (Å²) in [7, 11) is 0. The molecule has 0 bridgehead atoms. The summed E-state index contributed by atoms with van der Waals surface area (Å²) in [6.45, 7) is 0. The summed E-state index contributed by atoms with van der Waals surface area (Å²) in [5, 5.41) is 9.58. The fourth-order valence-electron chi connectivity index (χ4n) is 7.51. The van der Waals surface area contributed by atoms with Crippen molar-refractivity contribution < 1.29 is 0 Å². The minimum atomic E-state index is 0.867. The Morgan fingerprint density at radius 3 is 1.81 bits per heavy atom. The van der Waals surface area contributed by atoms with Gasteiger partial charge in [0.05, 0.1) is 39.6 Å². The molecule has 10 rings (SSSR count). The maximum atomic E-state index is 5.33.